The third kappa shape index (κ3) is 2.71. The Balaban J connectivity index is 1.65. The van der Waals surface area contributed by atoms with Gasteiger partial charge in [-0.15, -0.1) is 22.7 Å². The van der Waals surface area contributed by atoms with E-state index >= 15 is 0 Å². The summed E-state index contributed by atoms with van der Waals surface area (Å²) in [7, 11) is 0. The minimum absolute atomic E-state index is 0.0362. The molecule has 3 aromatic heterocycles. The summed E-state index contributed by atoms with van der Waals surface area (Å²) in [6.45, 7) is 0. The molecule has 24 heavy (non-hydrogen) atoms. The maximum absolute atomic E-state index is 13.2. The van der Waals surface area contributed by atoms with Crippen LogP contribution in [0, 0.1) is 5.82 Å². The number of hydrogen-bond donors (Lipinski definition) is 1. The third-order valence-electron chi connectivity index (χ3n) is 3.39. The predicted octanol–water partition coefficient (Wildman–Crippen LogP) is 5.17. The van der Waals surface area contributed by atoms with E-state index in [-0.39, 0.29) is 10.9 Å². The number of carbonyl (C=O) groups excluding carboxylic acids is 1. The highest BCUT2D eigenvalue weighted by molar-refractivity contribution is 7.15. The minimum atomic E-state index is -0.525. The second-order valence-corrected chi connectivity index (χ2v) is 7.15. The lowest BCUT2D eigenvalue weighted by Crippen LogP contribution is -2.13. The maximum atomic E-state index is 13.2. The number of halogens is 2. The van der Waals surface area contributed by atoms with Gasteiger partial charge in [-0.2, -0.15) is 0 Å². The number of nitrogens with zero attached hydrogens (tertiary/aromatic N) is 2. The smallest absolute Gasteiger partial charge is 0.273 e. The number of imidazole rings is 1. The molecule has 0 radical (unpaired) electrons. The first-order valence-corrected chi connectivity index (χ1v) is 9.02. The average Bonchev–Trinajstić information content (AvgIpc) is 3.25. The summed E-state index contributed by atoms with van der Waals surface area (Å²) in [5.74, 6) is -0.832. The number of thiazole rings is 1. The van der Waals surface area contributed by atoms with Gasteiger partial charge >= 0.3 is 0 Å². The monoisotopic (exact) mass is 377 g/mol. The Morgan fingerprint density at radius 3 is 2.92 bits per heavy atom. The fourth-order valence-corrected chi connectivity index (χ4v) is 3.97. The predicted molar refractivity (Wildman–Crippen MR) is 95.7 cm³/mol. The van der Waals surface area contributed by atoms with Gasteiger partial charge in [0.15, 0.2) is 4.96 Å². The van der Waals surface area contributed by atoms with Crippen molar-refractivity contribution >= 4 is 50.8 Å². The lowest BCUT2D eigenvalue weighted by molar-refractivity contribution is 0.102. The first-order valence-electron chi connectivity index (χ1n) is 6.89. The topological polar surface area (TPSA) is 46.4 Å². The first-order chi connectivity index (χ1) is 11.6. The minimum Gasteiger partial charge on any atom is -0.321 e. The average molecular weight is 378 g/mol. The molecule has 0 aliphatic rings. The zero-order valence-corrected chi connectivity index (χ0v) is 14.4. The fraction of sp³-hybridized carbons (Fsp3) is 0. The van der Waals surface area contributed by atoms with Crippen molar-refractivity contribution in [3.8, 4) is 10.6 Å². The number of fused-ring (bicyclic) bond motifs is 1. The number of carbonyl (C=O) groups is 1. The quantitative estimate of drug-likeness (QED) is 0.535. The molecular formula is C16H9ClFN3OS2. The summed E-state index contributed by atoms with van der Waals surface area (Å²) in [5, 5.41) is 6.40. The second-order valence-electron chi connectivity index (χ2n) is 4.96. The Morgan fingerprint density at radius 1 is 1.29 bits per heavy atom. The van der Waals surface area contributed by atoms with Gasteiger partial charge in [0.1, 0.15) is 17.2 Å². The Bertz CT molecular complexity index is 1040. The van der Waals surface area contributed by atoms with Crippen LogP contribution in [0.3, 0.4) is 0 Å². The molecule has 1 amide bonds. The van der Waals surface area contributed by atoms with Crippen molar-refractivity contribution < 1.29 is 9.18 Å². The molecule has 0 atom stereocenters. The Labute approximate surface area is 149 Å². The molecule has 0 fully saturated rings. The molecule has 0 saturated carbocycles. The fourth-order valence-electron chi connectivity index (χ4n) is 2.26. The molecule has 0 spiro atoms. The highest BCUT2D eigenvalue weighted by Crippen LogP contribution is 2.27. The van der Waals surface area contributed by atoms with Crippen LogP contribution in [0.4, 0.5) is 10.1 Å². The van der Waals surface area contributed by atoms with Crippen LogP contribution in [0.5, 0.6) is 0 Å². The van der Waals surface area contributed by atoms with Gasteiger partial charge in [-0.05, 0) is 29.6 Å². The highest BCUT2D eigenvalue weighted by Gasteiger charge is 2.16. The van der Waals surface area contributed by atoms with E-state index in [0.717, 1.165) is 15.5 Å². The number of thiophene rings is 1. The number of aromatic nitrogens is 2. The van der Waals surface area contributed by atoms with Crippen molar-refractivity contribution in [3.63, 3.8) is 0 Å². The lowest BCUT2D eigenvalue weighted by atomic mass is 10.3. The Hall–Kier alpha value is -2.22. The van der Waals surface area contributed by atoms with Gasteiger partial charge < -0.3 is 5.32 Å². The first kappa shape index (κ1) is 15.3. The third-order valence-corrected chi connectivity index (χ3v) is 5.41. The van der Waals surface area contributed by atoms with Crippen LogP contribution in [0.25, 0.3) is 15.5 Å². The van der Waals surface area contributed by atoms with Crippen molar-refractivity contribution in [2.75, 3.05) is 5.32 Å². The van der Waals surface area contributed by atoms with E-state index in [0.29, 0.717) is 11.4 Å². The van der Waals surface area contributed by atoms with Crippen molar-refractivity contribution in [2.45, 2.75) is 0 Å². The van der Waals surface area contributed by atoms with E-state index in [1.165, 1.54) is 29.5 Å². The molecule has 1 N–H and O–H groups in total. The number of anilines is 1. The van der Waals surface area contributed by atoms with Crippen molar-refractivity contribution in [1.82, 2.24) is 9.38 Å². The lowest BCUT2D eigenvalue weighted by Gasteiger charge is -2.05. The van der Waals surface area contributed by atoms with Crippen molar-refractivity contribution in [3.05, 3.63) is 63.8 Å². The number of hydrogen-bond acceptors (Lipinski definition) is 4. The summed E-state index contributed by atoms with van der Waals surface area (Å²) in [5.41, 5.74) is 1.73. The van der Waals surface area contributed by atoms with Gasteiger partial charge in [0.25, 0.3) is 5.91 Å². The number of rotatable bonds is 3. The molecule has 0 aliphatic heterocycles. The SMILES string of the molecule is O=C(Nc1ccc(F)c(Cl)c1)c1csc2nc(-c3cccs3)cn12. The van der Waals surface area contributed by atoms with Crippen LogP contribution in [0.2, 0.25) is 5.02 Å². The highest BCUT2D eigenvalue weighted by atomic mass is 35.5. The largest absolute Gasteiger partial charge is 0.321 e. The molecular weight excluding hydrogens is 369 g/mol. The number of benzene rings is 1. The van der Waals surface area contributed by atoms with Crippen molar-refractivity contribution in [1.29, 1.82) is 0 Å². The van der Waals surface area contributed by atoms with Gasteiger partial charge in [0, 0.05) is 17.3 Å². The van der Waals surface area contributed by atoms with E-state index in [9.17, 15) is 9.18 Å². The van der Waals surface area contributed by atoms with E-state index in [1.807, 2.05) is 23.7 Å². The van der Waals surface area contributed by atoms with Crippen LogP contribution in [0.15, 0.2) is 47.3 Å². The van der Waals surface area contributed by atoms with Crippen LogP contribution in [0.1, 0.15) is 10.5 Å². The zero-order valence-electron chi connectivity index (χ0n) is 12.0. The summed E-state index contributed by atoms with van der Waals surface area (Å²) in [6, 6.07) is 8.00. The summed E-state index contributed by atoms with van der Waals surface area (Å²) in [6.07, 6.45) is 1.84. The van der Waals surface area contributed by atoms with Crippen LogP contribution < -0.4 is 5.32 Å². The molecule has 0 unspecified atom stereocenters. The summed E-state index contributed by atoms with van der Waals surface area (Å²) in [4.78, 5) is 18.8. The van der Waals surface area contributed by atoms with Gasteiger partial charge in [0.05, 0.1) is 9.90 Å². The summed E-state index contributed by atoms with van der Waals surface area (Å²) < 4.78 is 15.0. The van der Waals surface area contributed by atoms with Gasteiger partial charge in [0.2, 0.25) is 0 Å². The molecule has 120 valence electrons. The number of nitrogens with one attached hydrogen (secondary N) is 1. The van der Waals surface area contributed by atoms with Gasteiger partial charge in [-0.3, -0.25) is 9.20 Å². The molecule has 0 aliphatic carbocycles. The Kier molecular flexibility index (Phi) is 3.84. The Morgan fingerprint density at radius 2 is 2.17 bits per heavy atom. The normalized spacial score (nSPS) is 11.1. The molecule has 0 bridgehead atoms. The van der Waals surface area contributed by atoms with Gasteiger partial charge in [-0.25, -0.2) is 9.37 Å². The van der Waals surface area contributed by atoms with E-state index in [1.54, 1.807) is 21.1 Å². The van der Waals surface area contributed by atoms with Crippen LogP contribution in [-0.4, -0.2) is 15.3 Å². The standard InChI is InChI=1S/C16H9ClFN3OS2/c17-10-6-9(3-4-11(10)18)19-15(22)13-8-24-16-20-12(7-21(13)16)14-2-1-5-23-14/h1-8H,(H,19,22). The van der Waals surface area contributed by atoms with Crippen molar-refractivity contribution in [2.24, 2.45) is 0 Å². The molecule has 0 saturated heterocycles. The molecule has 1 aromatic carbocycles. The number of amides is 1. The molecule has 8 heteroatoms. The van der Waals surface area contributed by atoms with Crippen LogP contribution >= 0.6 is 34.3 Å². The van der Waals surface area contributed by atoms with Crippen LogP contribution in [-0.2, 0) is 0 Å². The molecule has 4 aromatic rings. The second kappa shape index (κ2) is 6.01. The van der Waals surface area contributed by atoms with E-state index in [2.05, 4.69) is 10.3 Å². The maximum Gasteiger partial charge on any atom is 0.273 e. The molecule has 4 rings (SSSR count). The molecule has 3 heterocycles. The van der Waals surface area contributed by atoms with Gasteiger partial charge in [-0.1, -0.05) is 17.7 Å². The molecule has 4 nitrogen and oxygen atoms in total. The van der Waals surface area contributed by atoms with E-state index < -0.39 is 5.82 Å². The van der Waals surface area contributed by atoms with E-state index in [4.69, 9.17) is 11.6 Å². The summed E-state index contributed by atoms with van der Waals surface area (Å²) >= 11 is 8.72. The zero-order chi connectivity index (χ0) is 16.7.